The molecule has 0 aliphatic heterocycles. The predicted molar refractivity (Wildman–Crippen MR) is 61.5 cm³/mol. The number of H-pyrrole nitrogens is 1. The Hall–Kier alpha value is -2.16. The van der Waals surface area contributed by atoms with Crippen LogP contribution < -0.4 is 0 Å². The number of nitrogens with one attached hydrogen (secondary N) is 1. The molecule has 3 aromatic rings. The van der Waals surface area contributed by atoms with Gasteiger partial charge in [-0.1, -0.05) is 12.1 Å². The van der Waals surface area contributed by atoms with Crippen LogP contribution >= 0.6 is 0 Å². The minimum atomic E-state index is -0.249. The maximum absolute atomic E-state index is 14.1. The Bertz CT molecular complexity index is 629. The number of halogens is 1. The van der Waals surface area contributed by atoms with Gasteiger partial charge in [0.25, 0.3) is 0 Å². The van der Waals surface area contributed by atoms with Crippen molar-refractivity contribution in [1.29, 1.82) is 0 Å². The predicted octanol–water partition coefficient (Wildman–Crippen LogP) is 3.37. The van der Waals surface area contributed by atoms with Crippen LogP contribution in [0, 0.1) is 5.82 Å². The van der Waals surface area contributed by atoms with Crippen LogP contribution in [0.25, 0.3) is 22.2 Å². The van der Waals surface area contributed by atoms with Gasteiger partial charge >= 0.3 is 0 Å². The van der Waals surface area contributed by atoms with Crippen molar-refractivity contribution in [2.75, 3.05) is 0 Å². The summed E-state index contributed by atoms with van der Waals surface area (Å²) in [6, 6.07) is 11.0. The smallest absolute Gasteiger partial charge is 0.156 e. The number of rotatable bonds is 1. The van der Waals surface area contributed by atoms with Crippen LogP contribution in [0.4, 0.5) is 4.39 Å². The standard InChI is InChI=1S/C13H9FN2/c14-12-10(11-3-1-2-7-15-11)5-4-9-6-8-16-13(9)12/h1-8,16H. The van der Waals surface area contributed by atoms with Crippen molar-refractivity contribution < 1.29 is 4.39 Å². The maximum Gasteiger partial charge on any atom is 0.156 e. The first-order chi connectivity index (χ1) is 7.86. The van der Waals surface area contributed by atoms with Gasteiger partial charge in [-0.05, 0) is 24.3 Å². The lowest BCUT2D eigenvalue weighted by Gasteiger charge is -2.03. The van der Waals surface area contributed by atoms with Crippen LogP contribution in [0.5, 0.6) is 0 Å². The Morgan fingerprint density at radius 3 is 2.81 bits per heavy atom. The van der Waals surface area contributed by atoms with Crippen molar-refractivity contribution in [2.24, 2.45) is 0 Å². The number of benzene rings is 1. The summed E-state index contributed by atoms with van der Waals surface area (Å²) in [6.45, 7) is 0. The lowest BCUT2D eigenvalue weighted by Crippen LogP contribution is -1.88. The van der Waals surface area contributed by atoms with Gasteiger partial charge in [0.1, 0.15) is 0 Å². The molecule has 0 radical (unpaired) electrons. The van der Waals surface area contributed by atoms with E-state index in [2.05, 4.69) is 9.97 Å². The maximum atomic E-state index is 14.1. The van der Waals surface area contributed by atoms with E-state index in [9.17, 15) is 4.39 Å². The molecule has 3 rings (SSSR count). The molecule has 0 aliphatic rings. The van der Waals surface area contributed by atoms with E-state index < -0.39 is 0 Å². The molecular formula is C13H9FN2. The van der Waals surface area contributed by atoms with Crippen molar-refractivity contribution in [2.45, 2.75) is 0 Å². The molecular weight excluding hydrogens is 203 g/mol. The summed E-state index contributed by atoms with van der Waals surface area (Å²) in [6.07, 6.45) is 3.39. The highest BCUT2D eigenvalue weighted by Crippen LogP contribution is 2.26. The molecule has 16 heavy (non-hydrogen) atoms. The Balaban J connectivity index is 2.28. The van der Waals surface area contributed by atoms with E-state index in [1.807, 2.05) is 24.3 Å². The molecule has 0 unspecified atom stereocenters. The monoisotopic (exact) mass is 212 g/mol. The van der Waals surface area contributed by atoms with E-state index in [1.54, 1.807) is 24.5 Å². The quantitative estimate of drug-likeness (QED) is 0.658. The summed E-state index contributed by atoms with van der Waals surface area (Å²) in [5.74, 6) is -0.249. The van der Waals surface area contributed by atoms with E-state index in [0.717, 1.165) is 5.39 Å². The number of hydrogen-bond acceptors (Lipinski definition) is 1. The fraction of sp³-hybridized carbons (Fsp3) is 0. The van der Waals surface area contributed by atoms with Crippen LogP contribution in [0.2, 0.25) is 0 Å². The summed E-state index contributed by atoms with van der Waals surface area (Å²) in [5.41, 5.74) is 1.70. The van der Waals surface area contributed by atoms with Crippen molar-refractivity contribution in [1.82, 2.24) is 9.97 Å². The molecule has 0 bridgehead atoms. The van der Waals surface area contributed by atoms with Gasteiger partial charge in [0.15, 0.2) is 5.82 Å². The van der Waals surface area contributed by atoms with Crippen molar-refractivity contribution in [3.63, 3.8) is 0 Å². The zero-order valence-corrected chi connectivity index (χ0v) is 8.44. The summed E-state index contributed by atoms with van der Waals surface area (Å²) >= 11 is 0. The fourth-order valence-electron chi connectivity index (χ4n) is 1.81. The zero-order chi connectivity index (χ0) is 11.0. The summed E-state index contributed by atoms with van der Waals surface area (Å²) in [4.78, 5) is 7.04. The second-order valence-corrected chi connectivity index (χ2v) is 3.58. The van der Waals surface area contributed by atoms with E-state index >= 15 is 0 Å². The molecule has 2 heterocycles. The molecule has 3 heteroatoms. The minimum absolute atomic E-state index is 0.249. The molecule has 2 aromatic heterocycles. The molecule has 0 amide bonds. The first-order valence-corrected chi connectivity index (χ1v) is 5.03. The molecule has 0 aliphatic carbocycles. The van der Waals surface area contributed by atoms with Crippen LogP contribution in [0.15, 0.2) is 48.8 Å². The molecule has 1 aromatic carbocycles. The average Bonchev–Trinajstić information content (AvgIpc) is 2.80. The largest absolute Gasteiger partial charge is 0.359 e. The van der Waals surface area contributed by atoms with E-state index in [0.29, 0.717) is 16.8 Å². The Morgan fingerprint density at radius 2 is 2.00 bits per heavy atom. The number of aromatic nitrogens is 2. The SMILES string of the molecule is Fc1c(-c2ccccn2)ccc2cc[nH]c12. The van der Waals surface area contributed by atoms with Gasteiger partial charge in [0, 0.05) is 23.3 Å². The van der Waals surface area contributed by atoms with Gasteiger partial charge in [-0.15, -0.1) is 0 Å². The van der Waals surface area contributed by atoms with Crippen molar-refractivity contribution in [3.8, 4) is 11.3 Å². The number of aromatic amines is 1. The van der Waals surface area contributed by atoms with Gasteiger partial charge in [-0.3, -0.25) is 4.98 Å². The summed E-state index contributed by atoms with van der Waals surface area (Å²) in [5, 5.41) is 0.872. The third-order valence-corrected chi connectivity index (χ3v) is 2.61. The first-order valence-electron chi connectivity index (χ1n) is 5.03. The topological polar surface area (TPSA) is 28.7 Å². The van der Waals surface area contributed by atoms with Crippen LogP contribution in [-0.4, -0.2) is 9.97 Å². The third-order valence-electron chi connectivity index (χ3n) is 2.61. The van der Waals surface area contributed by atoms with Crippen LogP contribution in [0.3, 0.4) is 0 Å². The second kappa shape index (κ2) is 3.45. The summed E-state index contributed by atoms with van der Waals surface area (Å²) < 4.78 is 14.1. The first kappa shape index (κ1) is 9.09. The number of hydrogen-bond donors (Lipinski definition) is 1. The highest BCUT2D eigenvalue weighted by molar-refractivity contribution is 5.85. The zero-order valence-electron chi connectivity index (χ0n) is 8.44. The molecule has 0 fully saturated rings. The van der Waals surface area contributed by atoms with E-state index in [-0.39, 0.29) is 5.82 Å². The summed E-state index contributed by atoms with van der Waals surface area (Å²) in [7, 11) is 0. The Morgan fingerprint density at radius 1 is 1.06 bits per heavy atom. The molecule has 2 nitrogen and oxygen atoms in total. The highest BCUT2D eigenvalue weighted by atomic mass is 19.1. The van der Waals surface area contributed by atoms with Crippen LogP contribution in [0.1, 0.15) is 0 Å². The number of pyridine rings is 1. The van der Waals surface area contributed by atoms with Crippen molar-refractivity contribution >= 4 is 10.9 Å². The van der Waals surface area contributed by atoms with Gasteiger partial charge in [-0.2, -0.15) is 0 Å². The van der Waals surface area contributed by atoms with Crippen LogP contribution in [-0.2, 0) is 0 Å². The second-order valence-electron chi connectivity index (χ2n) is 3.58. The molecule has 78 valence electrons. The average molecular weight is 212 g/mol. The fourth-order valence-corrected chi connectivity index (χ4v) is 1.81. The molecule has 0 saturated carbocycles. The molecule has 0 saturated heterocycles. The lowest BCUT2D eigenvalue weighted by molar-refractivity contribution is 0.640. The molecule has 1 N–H and O–H groups in total. The highest BCUT2D eigenvalue weighted by Gasteiger charge is 2.10. The number of nitrogens with zero attached hydrogens (tertiary/aromatic N) is 1. The molecule has 0 atom stereocenters. The van der Waals surface area contributed by atoms with Gasteiger partial charge in [-0.25, -0.2) is 4.39 Å². The van der Waals surface area contributed by atoms with E-state index in [4.69, 9.17) is 0 Å². The molecule has 0 spiro atoms. The van der Waals surface area contributed by atoms with Gasteiger partial charge in [0.2, 0.25) is 0 Å². The Labute approximate surface area is 91.8 Å². The third kappa shape index (κ3) is 1.29. The number of fused-ring (bicyclic) bond motifs is 1. The van der Waals surface area contributed by atoms with Gasteiger partial charge in [0.05, 0.1) is 11.2 Å². The normalized spacial score (nSPS) is 10.8. The van der Waals surface area contributed by atoms with E-state index in [1.165, 1.54) is 0 Å². The lowest BCUT2D eigenvalue weighted by atomic mass is 10.1. The van der Waals surface area contributed by atoms with Crippen molar-refractivity contribution in [3.05, 3.63) is 54.6 Å². The Kier molecular flexibility index (Phi) is 1.96. The minimum Gasteiger partial charge on any atom is -0.359 e. The van der Waals surface area contributed by atoms with Gasteiger partial charge < -0.3 is 4.98 Å².